The van der Waals surface area contributed by atoms with Crippen molar-refractivity contribution in [1.82, 2.24) is 4.98 Å². The molecule has 0 amide bonds. The Labute approximate surface area is 112 Å². The van der Waals surface area contributed by atoms with E-state index in [-0.39, 0.29) is 5.97 Å². The molecule has 4 nitrogen and oxygen atoms in total. The average molecular weight is 256 g/mol. The summed E-state index contributed by atoms with van der Waals surface area (Å²) in [5.74, 6) is 0.347. The fraction of sp³-hybridized carbons (Fsp3) is 0.200. The van der Waals surface area contributed by atoms with Crippen molar-refractivity contribution in [3.63, 3.8) is 0 Å². The van der Waals surface area contributed by atoms with Crippen LogP contribution in [0.1, 0.15) is 22.8 Å². The Balaban J connectivity index is 2.11. The van der Waals surface area contributed by atoms with E-state index in [0.717, 1.165) is 11.3 Å². The van der Waals surface area contributed by atoms with Crippen LogP contribution in [0.5, 0.6) is 0 Å². The number of pyridine rings is 1. The number of benzene rings is 1. The van der Waals surface area contributed by atoms with Gasteiger partial charge in [0.25, 0.3) is 0 Å². The summed E-state index contributed by atoms with van der Waals surface area (Å²) in [7, 11) is 0. The maximum Gasteiger partial charge on any atom is 0.339 e. The lowest BCUT2D eigenvalue weighted by atomic mass is 10.2. The SMILES string of the molecule is CCOC(=O)c1ccc(Nc2ccccc2C)nc1. The van der Waals surface area contributed by atoms with E-state index in [1.807, 2.05) is 31.2 Å². The van der Waals surface area contributed by atoms with Crippen LogP contribution >= 0.6 is 0 Å². The molecule has 0 radical (unpaired) electrons. The van der Waals surface area contributed by atoms with Crippen LogP contribution in [0, 0.1) is 6.92 Å². The lowest BCUT2D eigenvalue weighted by molar-refractivity contribution is 0.0526. The molecule has 1 N–H and O–H groups in total. The van der Waals surface area contributed by atoms with Crippen LogP contribution in [0.15, 0.2) is 42.6 Å². The molecule has 1 aromatic heterocycles. The number of aromatic nitrogens is 1. The van der Waals surface area contributed by atoms with Gasteiger partial charge in [0, 0.05) is 11.9 Å². The number of rotatable bonds is 4. The summed E-state index contributed by atoms with van der Waals surface area (Å²) in [4.78, 5) is 15.7. The number of para-hydroxylation sites is 1. The summed E-state index contributed by atoms with van der Waals surface area (Å²) in [6.45, 7) is 4.16. The fourth-order valence-corrected chi connectivity index (χ4v) is 1.65. The van der Waals surface area contributed by atoms with Crippen molar-refractivity contribution in [1.29, 1.82) is 0 Å². The first-order valence-electron chi connectivity index (χ1n) is 6.16. The zero-order valence-electron chi connectivity index (χ0n) is 11.0. The molecule has 2 aromatic rings. The fourth-order valence-electron chi connectivity index (χ4n) is 1.65. The van der Waals surface area contributed by atoms with Gasteiger partial charge in [0.15, 0.2) is 0 Å². The largest absolute Gasteiger partial charge is 0.462 e. The highest BCUT2D eigenvalue weighted by Crippen LogP contribution is 2.18. The molecule has 0 unspecified atom stereocenters. The highest BCUT2D eigenvalue weighted by molar-refractivity contribution is 5.89. The van der Waals surface area contributed by atoms with Crippen LogP contribution in [0.2, 0.25) is 0 Å². The van der Waals surface area contributed by atoms with Crippen molar-refractivity contribution in [3.8, 4) is 0 Å². The van der Waals surface area contributed by atoms with E-state index in [1.54, 1.807) is 19.1 Å². The molecular formula is C15H16N2O2. The highest BCUT2D eigenvalue weighted by Gasteiger charge is 2.06. The third-order valence-electron chi connectivity index (χ3n) is 2.68. The topological polar surface area (TPSA) is 51.2 Å². The summed E-state index contributed by atoms with van der Waals surface area (Å²) < 4.78 is 4.91. The molecule has 0 aliphatic heterocycles. The molecule has 98 valence electrons. The monoisotopic (exact) mass is 256 g/mol. The van der Waals surface area contributed by atoms with Crippen LogP contribution < -0.4 is 5.32 Å². The first kappa shape index (κ1) is 13.1. The summed E-state index contributed by atoms with van der Waals surface area (Å²) in [6, 6.07) is 11.4. The van der Waals surface area contributed by atoms with E-state index < -0.39 is 0 Å². The number of ether oxygens (including phenoxy) is 1. The number of hydrogen-bond acceptors (Lipinski definition) is 4. The summed E-state index contributed by atoms with van der Waals surface area (Å²) >= 11 is 0. The molecule has 0 saturated heterocycles. The molecule has 2 rings (SSSR count). The Hall–Kier alpha value is -2.36. The zero-order chi connectivity index (χ0) is 13.7. The number of anilines is 2. The van der Waals surface area contributed by atoms with Crippen LogP contribution in [0.4, 0.5) is 11.5 Å². The van der Waals surface area contributed by atoms with E-state index in [1.165, 1.54) is 6.20 Å². The molecule has 0 spiro atoms. The van der Waals surface area contributed by atoms with Crippen LogP contribution in [0.25, 0.3) is 0 Å². The van der Waals surface area contributed by atoms with Gasteiger partial charge in [-0.3, -0.25) is 0 Å². The van der Waals surface area contributed by atoms with Crippen molar-refractivity contribution in [2.75, 3.05) is 11.9 Å². The van der Waals surface area contributed by atoms with Crippen molar-refractivity contribution in [3.05, 3.63) is 53.7 Å². The predicted molar refractivity (Wildman–Crippen MR) is 74.7 cm³/mol. The maximum atomic E-state index is 11.5. The first-order chi connectivity index (χ1) is 9.20. The van der Waals surface area contributed by atoms with Gasteiger partial charge >= 0.3 is 5.97 Å². The van der Waals surface area contributed by atoms with Crippen molar-refractivity contribution in [2.45, 2.75) is 13.8 Å². The molecule has 0 aliphatic carbocycles. The van der Waals surface area contributed by atoms with Crippen LogP contribution in [0.3, 0.4) is 0 Å². The van der Waals surface area contributed by atoms with Gasteiger partial charge in [0.1, 0.15) is 5.82 Å². The standard InChI is InChI=1S/C15H16N2O2/c1-3-19-15(18)12-8-9-14(16-10-12)17-13-7-5-4-6-11(13)2/h4-10H,3H2,1-2H3,(H,16,17). The van der Waals surface area contributed by atoms with Crippen molar-refractivity contribution in [2.24, 2.45) is 0 Å². The van der Waals surface area contributed by atoms with Gasteiger partial charge in [-0.15, -0.1) is 0 Å². The second-order valence-corrected chi connectivity index (χ2v) is 4.09. The van der Waals surface area contributed by atoms with Gasteiger partial charge in [0.2, 0.25) is 0 Å². The number of carbonyl (C=O) groups excluding carboxylic acids is 1. The van der Waals surface area contributed by atoms with E-state index in [4.69, 9.17) is 4.74 Å². The third kappa shape index (κ3) is 3.31. The van der Waals surface area contributed by atoms with Gasteiger partial charge in [-0.2, -0.15) is 0 Å². The number of nitrogens with zero attached hydrogens (tertiary/aromatic N) is 1. The van der Waals surface area contributed by atoms with Crippen molar-refractivity contribution < 1.29 is 9.53 Å². The molecule has 0 bridgehead atoms. The second-order valence-electron chi connectivity index (χ2n) is 4.09. The lowest BCUT2D eigenvalue weighted by Crippen LogP contribution is -2.05. The van der Waals surface area contributed by atoms with Gasteiger partial charge in [-0.05, 0) is 37.6 Å². The Morgan fingerprint density at radius 3 is 2.68 bits per heavy atom. The maximum absolute atomic E-state index is 11.5. The molecule has 4 heteroatoms. The van der Waals surface area contributed by atoms with Crippen LogP contribution in [-0.4, -0.2) is 17.6 Å². The number of nitrogens with one attached hydrogen (secondary N) is 1. The third-order valence-corrected chi connectivity index (χ3v) is 2.68. The van der Waals surface area contributed by atoms with Crippen LogP contribution in [-0.2, 0) is 4.74 Å². The van der Waals surface area contributed by atoms with E-state index in [2.05, 4.69) is 10.3 Å². The Kier molecular flexibility index (Phi) is 4.13. The quantitative estimate of drug-likeness (QED) is 0.853. The van der Waals surface area contributed by atoms with E-state index in [9.17, 15) is 4.79 Å². The minimum absolute atomic E-state index is 0.350. The molecular weight excluding hydrogens is 240 g/mol. The van der Waals surface area contributed by atoms with Gasteiger partial charge < -0.3 is 10.1 Å². The molecule has 1 heterocycles. The summed E-state index contributed by atoms with van der Waals surface area (Å²) in [5, 5.41) is 3.21. The van der Waals surface area contributed by atoms with E-state index in [0.29, 0.717) is 18.0 Å². The van der Waals surface area contributed by atoms with Gasteiger partial charge in [-0.25, -0.2) is 9.78 Å². The minimum Gasteiger partial charge on any atom is -0.462 e. The molecule has 0 atom stereocenters. The molecule has 0 aliphatic rings. The Morgan fingerprint density at radius 2 is 2.05 bits per heavy atom. The molecule has 0 saturated carbocycles. The predicted octanol–water partition coefficient (Wildman–Crippen LogP) is 3.31. The summed E-state index contributed by atoms with van der Waals surface area (Å²) in [6.07, 6.45) is 1.51. The van der Waals surface area contributed by atoms with Gasteiger partial charge in [-0.1, -0.05) is 18.2 Å². The van der Waals surface area contributed by atoms with E-state index >= 15 is 0 Å². The lowest BCUT2D eigenvalue weighted by Gasteiger charge is -2.08. The molecule has 19 heavy (non-hydrogen) atoms. The molecule has 0 fully saturated rings. The minimum atomic E-state index is -0.350. The summed E-state index contributed by atoms with van der Waals surface area (Å²) in [5.41, 5.74) is 2.59. The second kappa shape index (κ2) is 6.00. The normalized spacial score (nSPS) is 10.0. The van der Waals surface area contributed by atoms with Crippen molar-refractivity contribution >= 4 is 17.5 Å². The smallest absolute Gasteiger partial charge is 0.339 e. The highest BCUT2D eigenvalue weighted by atomic mass is 16.5. The number of esters is 1. The Bertz CT molecular complexity index is 565. The number of hydrogen-bond donors (Lipinski definition) is 1. The van der Waals surface area contributed by atoms with Gasteiger partial charge in [0.05, 0.1) is 12.2 Å². The molecule has 1 aromatic carbocycles. The number of carbonyl (C=O) groups is 1. The first-order valence-corrected chi connectivity index (χ1v) is 6.16. The Morgan fingerprint density at radius 1 is 1.26 bits per heavy atom. The number of aryl methyl sites for hydroxylation is 1. The zero-order valence-corrected chi connectivity index (χ0v) is 11.0. The average Bonchev–Trinajstić information content (AvgIpc) is 2.42.